The van der Waals surface area contributed by atoms with Crippen molar-refractivity contribution >= 4 is 62.2 Å². The molecule has 2 aromatic heterocycles. The van der Waals surface area contributed by atoms with Gasteiger partial charge in [0.25, 0.3) is 5.69 Å². The lowest BCUT2D eigenvalue weighted by Gasteiger charge is -2.07. The zero-order valence-electron chi connectivity index (χ0n) is 13.9. The van der Waals surface area contributed by atoms with Crippen molar-refractivity contribution in [2.45, 2.75) is 24.3 Å². The molecule has 7 nitrogen and oxygen atoms in total. The lowest BCUT2D eigenvalue weighted by Crippen LogP contribution is -2.15. The van der Waals surface area contributed by atoms with Crippen LogP contribution >= 0.6 is 34.7 Å². The molecule has 0 unspecified atom stereocenters. The lowest BCUT2D eigenvalue weighted by molar-refractivity contribution is -0.383. The summed E-state index contributed by atoms with van der Waals surface area (Å²) in [6, 6.07) is 4.14. The molecular formula is C17H13ClN4O3S2. The van der Waals surface area contributed by atoms with Crippen LogP contribution in [0.4, 0.5) is 11.4 Å². The standard InChI is InChI=1S/C17H13ClN4O3S2/c18-9-4-5-11(12(6-9)22(24)25)21-14(23)7-26-16-15-10-2-1-3-13(10)27-17(15)20-8-19-16/h4-6,8H,1-3,7H2,(H,21,23). The first-order valence-electron chi connectivity index (χ1n) is 8.15. The number of fused-ring (bicyclic) bond motifs is 3. The maximum atomic E-state index is 12.3. The monoisotopic (exact) mass is 420 g/mol. The van der Waals surface area contributed by atoms with Crippen LogP contribution in [0.1, 0.15) is 16.9 Å². The van der Waals surface area contributed by atoms with Gasteiger partial charge < -0.3 is 5.32 Å². The van der Waals surface area contributed by atoms with E-state index in [2.05, 4.69) is 15.3 Å². The van der Waals surface area contributed by atoms with Crippen LogP contribution in [0.25, 0.3) is 10.2 Å². The minimum Gasteiger partial charge on any atom is -0.320 e. The number of halogens is 1. The highest BCUT2D eigenvalue weighted by Gasteiger charge is 2.22. The van der Waals surface area contributed by atoms with Gasteiger partial charge in [-0.25, -0.2) is 9.97 Å². The normalized spacial score (nSPS) is 12.9. The number of thiophene rings is 1. The van der Waals surface area contributed by atoms with Crippen LogP contribution in [0.3, 0.4) is 0 Å². The first-order chi connectivity index (χ1) is 13.0. The molecular weight excluding hydrogens is 408 g/mol. The van der Waals surface area contributed by atoms with Gasteiger partial charge in [-0.05, 0) is 37.0 Å². The average molecular weight is 421 g/mol. The Morgan fingerprint density at radius 2 is 2.22 bits per heavy atom. The number of anilines is 1. The number of aryl methyl sites for hydroxylation is 2. The van der Waals surface area contributed by atoms with Crippen molar-refractivity contribution in [1.29, 1.82) is 0 Å². The van der Waals surface area contributed by atoms with Crippen LogP contribution in [0.15, 0.2) is 29.6 Å². The van der Waals surface area contributed by atoms with E-state index in [0.717, 1.165) is 34.5 Å². The number of thioether (sulfide) groups is 1. The van der Waals surface area contributed by atoms with Gasteiger partial charge in [0, 0.05) is 21.4 Å². The van der Waals surface area contributed by atoms with E-state index in [1.807, 2.05) is 0 Å². The second kappa shape index (κ2) is 7.41. The minimum atomic E-state index is -0.572. The van der Waals surface area contributed by atoms with E-state index in [4.69, 9.17) is 11.6 Å². The van der Waals surface area contributed by atoms with Crippen molar-refractivity contribution in [3.63, 3.8) is 0 Å². The number of nitro benzene ring substituents is 1. The van der Waals surface area contributed by atoms with Crippen molar-refractivity contribution in [3.05, 3.63) is 50.1 Å². The van der Waals surface area contributed by atoms with Crippen LogP contribution in [0, 0.1) is 10.1 Å². The Morgan fingerprint density at radius 1 is 1.37 bits per heavy atom. The molecule has 1 N–H and O–H groups in total. The van der Waals surface area contributed by atoms with Crippen molar-refractivity contribution < 1.29 is 9.72 Å². The van der Waals surface area contributed by atoms with E-state index in [9.17, 15) is 14.9 Å². The Balaban J connectivity index is 1.51. The van der Waals surface area contributed by atoms with E-state index in [-0.39, 0.29) is 28.1 Å². The molecule has 0 saturated carbocycles. The lowest BCUT2D eigenvalue weighted by atomic mass is 10.2. The first kappa shape index (κ1) is 18.1. The van der Waals surface area contributed by atoms with Gasteiger partial charge in [-0.1, -0.05) is 23.4 Å². The molecule has 1 aliphatic rings. The van der Waals surface area contributed by atoms with Gasteiger partial charge >= 0.3 is 0 Å². The number of hydrogen-bond donors (Lipinski definition) is 1. The molecule has 0 fully saturated rings. The Hall–Kier alpha value is -2.23. The van der Waals surface area contributed by atoms with Crippen molar-refractivity contribution in [2.24, 2.45) is 0 Å². The fourth-order valence-corrected chi connectivity index (χ4v) is 5.38. The molecule has 2 heterocycles. The predicted molar refractivity (Wildman–Crippen MR) is 107 cm³/mol. The molecule has 3 aromatic rings. The summed E-state index contributed by atoms with van der Waals surface area (Å²) in [5.41, 5.74) is 1.19. The Morgan fingerprint density at radius 3 is 3.04 bits per heavy atom. The molecule has 138 valence electrons. The summed E-state index contributed by atoms with van der Waals surface area (Å²) in [4.78, 5) is 33.9. The zero-order chi connectivity index (χ0) is 19.0. The number of amides is 1. The summed E-state index contributed by atoms with van der Waals surface area (Å²) < 4.78 is 0. The van der Waals surface area contributed by atoms with Crippen molar-refractivity contribution in [3.8, 4) is 0 Å². The number of carbonyl (C=O) groups excluding carboxylic acids is 1. The highest BCUT2D eigenvalue weighted by atomic mass is 35.5. The highest BCUT2D eigenvalue weighted by Crippen LogP contribution is 2.40. The molecule has 0 radical (unpaired) electrons. The van der Waals surface area contributed by atoms with Gasteiger partial charge in [-0.15, -0.1) is 11.3 Å². The fourth-order valence-electron chi connectivity index (χ4n) is 3.09. The fraction of sp³-hybridized carbons (Fsp3) is 0.235. The number of carbonyl (C=O) groups is 1. The number of nitrogens with one attached hydrogen (secondary N) is 1. The third-order valence-corrected chi connectivity index (χ3v) is 6.66. The van der Waals surface area contributed by atoms with Crippen molar-refractivity contribution in [1.82, 2.24) is 9.97 Å². The van der Waals surface area contributed by atoms with E-state index < -0.39 is 4.92 Å². The van der Waals surface area contributed by atoms with Crippen molar-refractivity contribution in [2.75, 3.05) is 11.1 Å². The number of hydrogen-bond acceptors (Lipinski definition) is 7. The third kappa shape index (κ3) is 3.62. The molecule has 27 heavy (non-hydrogen) atoms. The summed E-state index contributed by atoms with van der Waals surface area (Å²) in [7, 11) is 0. The largest absolute Gasteiger partial charge is 0.320 e. The van der Waals surface area contributed by atoms with E-state index in [1.54, 1.807) is 11.3 Å². The summed E-state index contributed by atoms with van der Waals surface area (Å²) in [5, 5.41) is 15.8. The second-order valence-electron chi connectivity index (χ2n) is 5.97. The Bertz CT molecular complexity index is 1070. The summed E-state index contributed by atoms with van der Waals surface area (Å²) >= 11 is 8.80. The number of benzene rings is 1. The molecule has 0 spiro atoms. The molecule has 0 saturated heterocycles. The van der Waals surface area contributed by atoms with Gasteiger partial charge in [-0.2, -0.15) is 0 Å². The van der Waals surface area contributed by atoms with Crippen LogP contribution in [-0.4, -0.2) is 26.6 Å². The highest BCUT2D eigenvalue weighted by molar-refractivity contribution is 8.00. The van der Waals surface area contributed by atoms with Gasteiger partial charge in [-0.3, -0.25) is 14.9 Å². The maximum absolute atomic E-state index is 12.3. The van der Waals surface area contributed by atoms with Gasteiger partial charge in [0.1, 0.15) is 21.9 Å². The Kier molecular flexibility index (Phi) is 4.98. The quantitative estimate of drug-likeness (QED) is 0.283. The minimum absolute atomic E-state index is 0.0938. The van der Waals surface area contributed by atoms with Gasteiger partial charge in [0.15, 0.2) is 0 Å². The van der Waals surface area contributed by atoms with E-state index in [0.29, 0.717) is 0 Å². The second-order valence-corrected chi connectivity index (χ2v) is 8.46. The Labute approximate surface area is 167 Å². The molecule has 0 bridgehead atoms. The number of nitrogens with zero attached hydrogens (tertiary/aromatic N) is 3. The SMILES string of the molecule is O=C(CSc1ncnc2sc3c(c12)CCC3)Nc1ccc(Cl)cc1[N+](=O)[O-]. The zero-order valence-corrected chi connectivity index (χ0v) is 16.3. The molecule has 4 rings (SSSR count). The first-order valence-corrected chi connectivity index (χ1v) is 10.3. The molecule has 1 aromatic carbocycles. The topological polar surface area (TPSA) is 98.0 Å². The summed E-state index contributed by atoms with van der Waals surface area (Å²) in [6.45, 7) is 0. The van der Waals surface area contributed by atoms with Crippen LogP contribution < -0.4 is 5.32 Å². The summed E-state index contributed by atoms with van der Waals surface area (Å²) in [6.07, 6.45) is 4.73. The maximum Gasteiger partial charge on any atom is 0.294 e. The number of aromatic nitrogens is 2. The van der Waals surface area contributed by atoms with E-state index in [1.165, 1.54) is 46.7 Å². The number of rotatable bonds is 5. The predicted octanol–water partition coefficient (Wildman–Crippen LogP) is 4.47. The molecule has 1 aliphatic carbocycles. The molecule has 1 amide bonds. The molecule has 0 atom stereocenters. The van der Waals surface area contributed by atoms with Crippen LogP contribution in [0.2, 0.25) is 5.02 Å². The van der Waals surface area contributed by atoms with E-state index >= 15 is 0 Å². The average Bonchev–Trinajstić information content (AvgIpc) is 3.22. The number of nitro groups is 1. The third-order valence-electron chi connectivity index (χ3n) is 4.24. The van der Waals surface area contributed by atoms with Crippen LogP contribution in [-0.2, 0) is 17.6 Å². The smallest absolute Gasteiger partial charge is 0.294 e. The van der Waals surface area contributed by atoms with Gasteiger partial charge in [0.05, 0.1) is 10.7 Å². The van der Waals surface area contributed by atoms with Crippen LogP contribution in [0.5, 0.6) is 0 Å². The summed E-state index contributed by atoms with van der Waals surface area (Å²) in [5.74, 6) is -0.250. The molecule has 10 heteroatoms. The van der Waals surface area contributed by atoms with Gasteiger partial charge in [0.2, 0.25) is 5.91 Å². The molecule has 0 aliphatic heterocycles.